The van der Waals surface area contributed by atoms with Gasteiger partial charge in [0.15, 0.2) is 5.69 Å². The lowest BCUT2D eigenvalue weighted by Crippen LogP contribution is -2.38. The number of hydrogen-bond donors (Lipinski definition) is 0. The van der Waals surface area contributed by atoms with Crippen molar-refractivity contribution in [3.05, 3.63) is 60.0 Å². The van der Waals surface area contributed by atoms with E-state index in [0.29, 0.717) is 0 Å². The first kappa shape index (κ1) is 17.0. The Balaban J connectivity index is 2.07. The molecule has 0 aliphatic heterocycles. The number of pyridine rings is 1. The van der Waals surface area contributed by atoms with Gasteiger partial charge in [-0.1, -0.05) is 37.0 Å². The molecule has 2 aromatic carbocycles. The van der Waals surface area contributed by atoms with Crippen LogP contribution >= 0.6 is 0 Å². The maximum Gasteiger partial charge on any atom is 0.220 e. The lowest BCUT2D eigenvalue weighted by Gasteiger charge is -2.18. The lowest BCUT2D eigenvalue weighted by molar-refractivity contribution is -0.665. The number of aryl methyl sites for hydroxylation is 2. The summed E-state index contributed by atoms with van der Waals surface area (Å²) in [5.41, 5.74) is 5.98. The highest BCUT2D eigenvalue weighted by molar-refractivity contribution is 6.88. The van der Waals surface area contributed by atoms with Gasteiger partial charge in [0, 0.05) is 18.4 Å². The summed E-state index contributed by atoms with van der Waals surface area (Å²) < 4.78 is 7.98. The maximum absolute atomic E-state index is 5.68. The Bertz CT molecular complexity index is 1150. The van der Waals surface area contributed by atoms with Gasteiger partial charge in [0.25, 0.3) is 0 Å². The average molecular weight is 361 g/mol. The summed E-state index contributed by atoms with van der Waals surface area (Å²) >= 11 is 0. The van der Waals surface area contributed by atoms with Crippen LogP contribution in [0.1, 0.15) is 11.3 Å². The fraction of sp³-hybridized carbons (Fsp3) is 0.261. The molecule has 0 aliphatic rings. The molecule has 0 unspecified atom stereocenters. The zero-order valence-corrected chi connectivity index (χ0v) is 17.5. The number of benzene rings is 2. The number of fused-ring (bicyclic) bond motifs is 2. The van der Waals surface area contributed by atoms with Crippen LogP contribution in [-0.4, -0.2) is 8.07 Å². The summed E-state index contributed by atoms with van der Waals surface area (Å²) in [5, 5.41) is 5.29. The third-order valence-corrected chi connectivity index (χ3v) is 7.50. The van der Waals surface area contributed by atoms with Gasteiger partial charge in [-0.25, -0.2) is 0 Å². The van der Waals surface area contributed by atoms with Crippen molar-refractivity contribution in [1.82, 2.24) is 0 Å². The largest absolute Gasteiger partial charge is 0.464 e. The van der Waals surface area contributed by atoms with Crippen LogP contribution in [0, 0.1) is 13.8 Å². The predicted molar refractivity (Wildman–Crippen MR) is 113 cm³/mol. The topological polar surface area (TPSA) is 17.0 Å². The number of aromatic nitrogens is 1. The minimum absolute atomic E-state index is 0.943. The minimum atomic E-state index is -1.34. The third-order valence-electron chi connectivity index (χ3n) is 5.46. The van der Waals surface area contributed by atoms with Gasteiger partial charge in [0.1, 0.15) is 12.6 Å². The molecule has 0 spiro atoms. The van der Waals surface area contributed by atoms with Crippen LogP contribution in [0.25, 0.3) is 33.0 Å². The second kappa shape index (κ2) is 5.81. The van der Waals surface area contributed by atoms with E-state index in [1.807, 2.05) is 6.07 Å². The molecule has 4 aromatic rings. The lowest BCUT2D eigenvalue weighted by atomic mass is 9.97. The number of rotatable bonds is 2. The Kier molecular flexibility index (Phi) is 3.81. The van der Waals surface area contributed by atoms with E-state index < -0.39 is 8.07 Å². The first-order valence-corrected chi connectivity index (χ1v) is 12.7. The van der Waals surface area contributed by atoms with Gasteiger partial charge in [-0.15, -0.1) is 0 Å². The van der Waals surface area contributed by atoms with Gasteiger partial charge in [0.2, 0.25) is 5.69 Å². The standard InChI is InChI=1S/C23H26NOSi/c1-15-11-17-9-10-25-22(17)14-21(15)23-20-8-7-19(26(4,5)6)13-18(20)12-16(2)24(23)3/h7-14H,1-6H3/q+1. The number of nitrogens with zero attached hydrogens (tertiary/aromatic N) is 1. The van der Waals surface area contributed by atoms with Gasteiger partial charge in [-0.2, -0.15) is 4.57 Å². The van der Waals surface area contributed by atoms with Crippen molar-refractivity contribution >= 4 is 35.0 Å². The van der Waals surface area contributed by atoms with Crippen LogP contribution in [0.15, 0.2) is 53.1 Å². The minimum Gasteiger partial charge on any atom is -0.464 e. The number of furan rings is 1. The van der Waals surface area contributed by atoms with E-state index in [1.54, 1.807) is 6.26 Å². The summed E-state index contributed by atoms with van der Waals surface area (Å²) in [6, 6.07) is 15.8. The molecule has 132 valence electrons. The maximum atomic E-state index is 5.68. The molecule has 0 saturated carbocycles. The Labute approximate surface area is 156 Å². The van der Waals surface area contributed by atoms with Gasteiger partial charge >= 0.3 is 0 Å². The SMILES string of the molecule is Cc1cc2ccoc2cc1-c1c2ccc([Si](C)(C)C)cc2cc(C)[n+]1C. The first-order chi connectivity index (χ1) is 12.3. The first-order valence-electron chi connectivity index (χ1n) is 9.18. The molecule has 0 radical (unpaired) electrons. The van der Waals surface area contributed by atoms with Crippen molar-refractivity contribution < 1.29 is 8.98 Å². The Morgan fingerprint density at radius 2 is 1.65 bits per heavy atom. The molecule has 3 heteroatoms. The van der Waals surface area contributed by atoms with E-state index in [9.17, 15) is 0 Å². The number of hydrogen-bond acceptors (Lipinski definition) is 1. The highest BCUT2D eigenvalue weighted by Gasteiger charge is 2.23. The van der Waals surface area contributed by atoms with Crippen LogP contribution in [0.2, 0.25) is 19.6 Å². The van der Waals surface area contributed by atoms with Gasteiger partial charge in [0.05, 0.1) is 25.3 Å². The zero-order valence-electron chi connectivity index (χ0n) is 16.5. The van der Waals surface area contributed by atoms with E-state index in [0.717, 1.165) is 11.0 Å². The predicted octanol–water partition coefficient (Wildman–Crippen LogP) is 5.24. The summed E-state index contributed by atoms with van der Waals surface area (Å²) in [4.78, 5) is 0. The third kappa shape index (κ3) is 2.67. The van der Waals surface area contributed by atoms with Crippen LogP contribution < -0.4 is 9.75 Å². The van der Waals surface area contributed by atoms with Crippen molar-refractivity contribution in [3.63, 3.8) is 0 Å². The molecule has 0 atom stereocenters. The quantitative estimate of drug-likeness (QED) is 0.353. The monoisotopic (exact) mass is 360 g/mol. The van der Waals surface area contributed by atoms with Crippen LogP contribution in [-0.2, 0) is 7.05 Å². The summed E-state index contributed by atoms with van der Waals surface area (Å²) in [5.74, 6) is 0. The van der Waals surface area contributed by atoms with Crippen molar-refractivity contribution in [3.8, 4) is 11.3 Å². The van der Waals surface area contributed by atoms with Crippen molar-refractivity contribution in [2.45, 2.75) is 33.5 Å². The molecule has 0 saturated heterocycles. The van der Waals surface area contributed by atoms with Gasteiger partial charge < -0.3 is 4.42 Å². The molecule has 0 N–H and O–H groups in total. The molecule has 2 nitrogen and oxygen atoms in total. The smallest absolute Gasteiger partial charge is 0.220 e. The fourth-order valence-electron chi connectivity index (χ4n) is 3.75. The van der Waals surface area contributed by atoms with Crippen molar-refractivity contribution in [2.24, 2.45) is 7.05 Å². The molecular weight excluding hydrogens is 334 g/mol. The second-order valence-electron chi connectivity index (χ2n) is 8.37. The molecule has 0 amide bonds. The van der Waals surface area contributed by atoms with Crippen LogP contribution in [0.4, 0.5) is 0 Å². The highest BCUT2D eigenvalue weighted by atomic mass is 28.3. The zero-order chi connectivity index (χ0) is 18.6. The molecule has 0 fully saturated rings. The summed E-state index contributed by atoms with van der Waals surface area (Å²) in [7, 11) is 0.817. The van der Waals surface area contributed by atoms with Crippen LogP contribution in [0.5, 0.6) is 0 Å². The van der Waals surface area contributed by atoms with E-state index >= 15 is 0 Å². The Morgan fingerprint density at radius 3 is 2.38 bits per heavy atom. The van der Waals surface area contributed by atoms with E-state index in [4.69, 9.17) is 4.42 Å². The van der Waals surface area contributed by atoms with E-state index in [1.165, 1.54) is 38.5 Å². The average Bonchev–Trinajstić information content (AvgIpc) is 3.01. The van der Waals surface area contributed by atoms with E-state index in [-0.39, 0.29) is 0 Å². The molecule has 26 heavy (non-hydrogen) atoms. The molecular formula is C23H26NOSi+. The molecule has 2 heterocycles. The summed E-state index contributed by atoms with van der Waals surface area (Å²) in [6.45, 7) is 11.6. The van der Waals surface area contributed by atoms with Gasteiger partial charge in [-0.05, 0) is 42.1 Å². The Hall–Kier alpha value is -2.39. The fourth-order valence-corrected chi connectivity index (χ4v) is 4.92. The van der Waals surface area contributed by atoms with Crippen molar-refractivity contribution in [1.29, 1.82) is 0 Å². The molecule has 0 bridgehead atoms. The molecule has 4 rings (SSSR count). The second-order valence-corrected chi connectivity index (χ2v) is 13.4. The van der Waals surface area contributed by atoms with Gasteiger partial charge in [-0.3, -0.25) is 0 Å². The Morgan fingerprint density at radius 1 is 0.885 bits per heavy atom. The molecule has 2 aromatic heterocycles. The molecule has 0 aliphatic carbocycles. The highest BCUT2D eigenvalue weighted by Crippen LogP contribution is 2.32. The normalized spacial score (nSPS) is 12.2. The summed E-state index contributed by atoms with van der Waals surface area (Å²) in [6.07, 6.45) is 1.77. The van der Waals surface area contributed by atoms with Crippen LogP contribution in [0.3, 0.4) is 0 Å². The van der Waals surface area contributed by atoms with E-state index in [2.05, 4.69) is 81.5 Å². The van der Waals surface area contributed by atoms with Crippen molar-refractivity contribution in [2.75, 3.05) is 0 Å².